The first-order valence-electron chi connectivity index (χ1n) is 6.70. The number of hydrogen-bond donors (Lipinski definition) is 2. The van der Waals surface area contributed by atoms with Gasteiger partial charge in [-0.1, -0.05) is 24.0 Å². The number of benzene rings is 1. The molecule has 4 heteroatoms. The Morgan fingerprint density at radius 3 is 2.95 bits per heavy atom. The third kappa shape index (κ3) is 4.45. The summed E-state index contributed by atoms with van der Waals surface area (Å²) in [4.78, 5) is 12.0. The van der Waals surface area contributed by atoms with E-state index in [-0.39, 0.29) is 12.5 Å². The first kappa shape index (κ1) is 15.3. The summed E-state index contributed by atoms with van der Waals surface area (Å²) < 4.78 is 0. The van der Waals surface area contributed by atoms with E-state index in [2.05, 4.69) is 17.2 Å². The van der Waals surface area contributed by atoms with Crippen LogP contribution in [0.4, 0.5) is 0 Å². The van der Waals surface area contributed by atoms with Crippen LogP contribution < -0.4 is 5.32 Å². The minimum Gasteiger partial charge on any atom is -0.395 e. The molecule has 2 aromatic rings. The summed E-state index contributed by atoms with van der Waals surface area (Å²) in [7, 11) is 0. The lowest BCUT2D eigenvalue weighted by Crippen LogP contribution is -2.22. The van der Waals surface area contributed by atoms with Gasteiger partial charge in [0.05, 0.1) is 12.2 Å². The van der Waals surface area contributed by atoms with Crippen LogP contribution in [0, 0.1) is 18.8 Å². The minimum atomic E-state index is -0.0504. The SMILES string of the molecule is Cc1cscc1C(=O)NCc1cccc(C#CCCO)c1. The van der Waals surface area contributed by atoms with Crippen LogP contribution in [0.25, 0.3) is 0 Å². The normalized spacial score (nSPS) is 9.81. The van der Waals surface area contributed by atoms with Gasteiger partial charge in [0.1, 0.15) is 0 Å². The highest BCUT2D eigenvalue weighted by atomic mass is 32.1. The molecule has 1 amide bonds. The first-order chi connectivity index (χ1) is 10.2. The van der Waals surface area contributed by atoms with E-state index >= 15 is 0 Å². The maximum atomic E-state index is 12.0. The lowest BCUT2D eigenvalue weighted by atomic mass is 10.1. The number of hydrogen-bond acceptors (Lipinski definition) is 3. The van der Waals surface area contributed by atoms with Gasteiger partial charge in [-0.3, -0.25) is 4.79 Å². The number of aryl methyl sites for hydroxylation is 1. The molecule has 0 unspecified atom stereocenters. The Labute approximate surface area is 128 Å². The smallest absolute Gasteiger partial charge is 0.252 e. The molecule has 0 aliphatic carbocycles. The molecule has 0 spiro atoms. The molecule has 108 valence electrons. The fourth-order valence-electron chi connectivity index (χ4n) is 1.85. The number of thiophene rings is 1. The molecular weight excluding hydrogens is 282 g/mol. The number of aliphatic hydroxyl groups excluding tert-OH is 1. The van der Waals surface area contributed by atoms with Gasteiger partial charge in [-0.05, 0) is 35.6 Å². The maximum absolute atomic E-state index is 12.0. The largest absolute Gasteiger partial charge is 0.395 e. The zero-order chi connectivity index (χ0) is 15.1. The lowest BCUT2D eigenvalue weighted by Gasteiger charge is -2.05. The Balaban J connectivity index is 1.98. The molecule has 0 radical (unpaired) electrons. The van der Waals surface area contributed by atoms with Crippen molar-refractivity contribution in [2.45, 2.75) is 19.9 Å². The number of carbonyl (C=O) groups excluding carboxylic acids is 1. The molecule has 0 bridgehead atoms. The molecule has 0 saturated heterocycles. The molecule has 0 fully saturated rings. The minimum absolute atomic E-state index is 0.0504. The van der Waals surface area contributed by atoms with Crippen LogP contribution in [-0.4, -0.2) is 17.6 Å². The van der Waals surface area contributed by atoms with Gasteiger partial charge >= 0.3 is 0 Å². The molecule has 3 nitrogen and oxygen atoms in total. The quantitative estimate of drug-likeness (QED) is 0.853. The van der Waals surface area contributed by atoms with Crippen LogP contribution in [0.2, 0.25) is 0 Å². The molecule has 0 saturated carbocycles. The average molecular weight is 299 g/mol. The Hall–Kier alpha value is -2.09. The van der Waals surface area contributed by atoms with Gasteiger partial charge in [-0.15, -0.1) is 0 Å². The molecular formula is C17H17NO2S. The van der Waals surface area contributed by atoms with Crippen molar-refractivity contribution in [3.63, 3.8) is 0 Å². The molecule has 0 aliphatic heterocycles. The summed E-state index contributed by atoms with van der Waals surface area (Å²) in [5.74, 6) is 5.83. The van der Waals surface area contributed by atoms with Crippen LogP contribution >= 0.6 is 11.3 Å². The van der Waals surface area contributed by atoms with Gasteiger partial charge in [-0.25, -0.2) is 0 Å². The van der Waals surface area contributed by atoms with Crippen molar-refractivity contribution in [1.29, 1.82) is 0 Å². The highest BCUT2D eigenvalue weighted by molar-refractivity contribution is 7.08. The summed E-state index contributed by atoms with van der Waals surface area (Å²) in [6, 6.07) is 7.74. The van der Waals surface area contributed by atoms with Gasteiger partial charge in [-0.2, -0.15) is 11.3 Å². The molecule has 0 aliphatic rings. The molecule has 0 atom stereocenters. The number of nitrogens with one attached hydrogen (secondary N) is 1. The summed E-state index contributed by atoms with van der Waals surface area (Å²) in [6.45, 7) is 2.48. The molecule has 1 aromatic carbocycles. The van der Waals surface area contributed by atoms with E-state index in [4.69, 9.17) is 5.11 Å². The predicted molar refractivity (Wildman–Crippen MR) is 85.2 cm³/mol. The van der Waals surface area contributed by atoms with E-state index in [1.165, 1.54) is 11.3 Å². The van der Waals surface area contributed by atoms with Crippen molar-refractivity contribution in [1.82, 2.24) is 5.32 Å². The van der Waals surface area contributed by atoms with Gasteiger partial charge in [0.15, 0.2) is 0 Å². The average Bonchev–Trinajstić information content (AvgIpc) is 2.92. The van der Waals surface area contributed by atoms with Crippen molar-refractivity contribution in [3.8, 4) is 11.8 Å². The Kier molecular flexibility index (Phi) is 5.56. The summed E-state index contributed by atoms with van der Waals surface area (Å²) in [5, 5.41) is 15.5. The topological polar surface area (TPSA) is 49.3 Å². The van der Waals surface area contributed by atoms with E-state index in [0.717, 1.165) is 22.3 Å². The Morgan fingerprint density at radius 2 is 2.24 bits per heavy atom. The fraction of sp³-hybridized carbons (Fsp3) is 0.235. The second-order valence-corrected chi connectivity index (χ2v) is 5.37. The van der Waals surface area contributed by atoms with Gasteiger partial charge in [0.25, 0.3) is 5.91 Å². The van der Waals surface area contributed by atoms with Crippen molar-refractivity contribution < 1.29 is 9.90 Å². The van der Waals surface area contributed by atoms with Gasteiger partial charge in [0.2, 0.25) is 0 Å². The predicted octanol–water partition coefficient (Wildman–Crippen LogP) is 2.72. The Morgan fingerprint density at radius 1 is 1.38 bits per heavy atom. The van der Waals surface area contributed by atoms with Crippen LogP contribution in [-0.2, 0) is 6.54 Å². The molecule has 21 heavy (non-hydrogen) atoms. The van der Waals surface area contributed by atoms with Crippen LogP contribution in [0.15, 0.2) is 35.0 Å². The summed E-state index contributed by atoms with van der Waals surface area (Å²) in [5.41, 5.74) is 3.63. The van der Waals surface area contributed by atoms with Crippen LogP contribution in [0.1, 0.15) is 33.5 Å². The van der Waals surface area contributed by atoms with E-state index in [0.29, 0.717) is 13.0 Å². The highest BCUT2D eigenvalue weighted by Gasteiger charge is 2.09. The molecule has 2 rings (SSSR count). The highest BCUT2D eigenvalue weighted by Crippen LogP contribution is 2.13. The number of amides is 1. The van der Waals surface area contributed by atoms with E-state index in [9.17, 15) is 4.79 Å². The molecule has 1 aromatic heterocycles. The Bertz CT molecular complexity index is 679. The van der Waals surface area contributed by atoms with E-state index < -0.39 is 0 Å². The number of aliphatic hydroxyl groups is 1. The molecule has 2 N–H and O–H groups in total. The van der Waals surface area contributed by atoms with Crippen molar-refractivity contribution in [2.24, 2.45) is 0 Å². The van der Waals surface area contributed by atoms with Crippen LogP contribution in [0.3, 0.4) is 0 Å². The summed E-state index contributed by atoms with van der Waals surface area (Å²) in [6.07, 6.45) is 0.471. The maximum Gasteiger partial charge on any atom is 0.252 e. The second-order valence-electron chi connectivity index (χ2n) is 4.63. The van der Waals surface area contributed by atoms with Crippen molar-refractivity contribution in [2.75, 3.05) is 6.61 Å². The van der Waals surface area contributed by atoms with Gasteiger partial charge < -0.3 is 10.4 Å². The third-order valence-electron chi connectivity index (χ3n) is 2.95. The lowest BCUT2D eigenvalue weighted by molar-refractivity contribution is 0.0951. The van der Waals surface area contributed by atoms with Crippen molar-refractivity contribution in [3.05, 3.63) is 57.3 Å². The van der Waals surface area contributed by atoms with Crippen molar-refractivity contribution >= 4 is 17.2 Å². The van der Waals surface area contributed by atoms with Crippen LogP contribution in [0.5, 0.6) is 0 Å². The van der Waals surface area contributed by atoms with E-state index in [1.54, 1.807) is 0 Å². The number of carbonyl (C=O) groups is 1. The zero-order valence-corrected chi connectivity index (χ0v) is 12.7. The monoisotopic (exact) mass is 299 g/mol. The van der Waals surface area contributed by atoms with E-state index in [1.807, 2.05) is 41.9 Å². The van der Waals surface area contributed by atoms with Gasteiger partial charge in [0, 0.05) is 23.9 Å². The third-order valence-corrected chi connectivity index (χ3v) is 3.81. The fourth-order valence-corrected chi connectivity index (χ4v) is 2.68. The molecule has 1 heterocycles. The second kappa shape index (κ2) is 7.63. The first-order valence-corrected chi connectivity index (χ1v) is 7.64. The summed E-state index contributed by atoms with van der Waals surface area (Å²) >= 11 is 1.53. The zero-order valence-electron chi connectivity index (χ0n) is 11.8. The number of rotatable bonds is 4. The standard InChI is InChI=1S/C17H17NO2S/c1-13-11-21-12-16(13)17(20)18-10-15-7-4-6-14(9-15)5-2-3-8-19/h4,6-7,9,11-12,19H,3,8,10H2,1H3,(H,18,20).